The molecule has 0 unspecified atom stereocenters. The number of nitrogens with one attached hydrogen (secondary N) is 1. The minimum atomic E-state index is -0.250. The average molecular weight is 456 g/mol. The van der Waals surface area contributed by atoms with Gasteiger partial charge in [0.1, 0.15) is 11.4 Å². The van der Waals surface area contributed by atoms with Crippen LogP contribution in [-0.4, -0.2) is 36.0 Å². The molecule has 7 nitrogen and oxygen atoms in total. The van der Waals surface area contributed by atoms with E-state index in [1.807, 2.05) is 66.7 Å². The fourth-order valence-electron chi connectivity index (χ4n) is 3.84. The quantitative estimate of drug-likeness (QED) is 0.442. The van der Waals surface area contributed by atoms with Crippen molar-refractivity contribution < 1.29 is 19.0 Å². The molecule has 0 saturated carbocycles. The summed E-state index contributed by atoms with van der Waals surface area (Å²) < 4.78 is 18.5. The normalized spacial score (nSPS) is 12.6. The molecule has 3 aromatic carbocycles. The van der Waals surface area contributed by atoms with Crippen molar-refractivity contribution in [2.24, 2.45) is 0 Å². The number of aromatic nitrogens is 2. The third-order valence-corrected chi connectivity index (χ3v) is 5.56. The standard InChI is InChI=1S/C27H25N3O4/c1-32-22-11-8-20(9-12-22)26-23(18-30(29-26)17-19-6-3-2-4-7-19)27(31)28-21-10-13-24-25(16-21)34-15-5-14-33-24/h2-4,6-13,16,18H,5,14-15,17H2,1H3,(H,28,31). The van der Waals surface area contributed by atoms with Gasteiger partial charge in [0, 0.05) is 29.9 Å². The smallest absolute Gasteiger partial charge is 0.259 e. The molecule has 0 saturated heterocycles. The number of rotatable bonds is 6. The van der Waals surface area contributed by atoms with Gasteiger partial charge in [-0.05, 0) is 42.0 Å². The second kappa shape index (κ2) is 9.70. The Labute approximate surface area is 197 Å². The third kappa shape index (κ3) is 4.73. The Morgan fingerprint density at radius 3 is 2.53 bits per heavy atom. The number of nitrogens with zero attached hydrogens (tertiary/aromatic N) is 2. The molecule has 2 heterocycles. The number of fused-ring (bicyclic) bond motifs is 1. The molecule has 5 rings (SSSR count). The first-order chi connectivity index (χ1) is 16.7. The number of anilines is 1. The number of amides is 1. The summed E-state index contributed by atoms with van der Waals surface area (Å²) in [6, 6.07) is 23.0. The van der Waals surface area contributed by atoms with Crippen LogP contribution in [-0.2, 0) is 6.54 Å². The largest absolute Gasteiger partial charge is 0.497 e. The van der Waals surface area contributed by atoms with Crippen LogP contribution in [0, 0.1) is 0 Å². The van der Waals surface area contributed by atoms with Gasteiger partial charge in [-0.25, -0.2) is 0 Å². The van der Waals surface area contributed by atoms with E-state index in [2.05, 4.69) is 5.32 Å². The predicted octanol–water partition coefficient (Wildman–Crippen LogP) is 5.02. The Morgan fingerprint density at radius 2 is 1.76 bits per heavy atom. The highest BCUT2D eigenvalue weighted by atomic mass is 16.5. The van der Waals surface area contributed by atoms with Crippen LogP contribution >= 0.6 is 0 Å². The van der Waals surface area contributed by atoms with Gasteiger partial charge < -0.3 is 19.5 Å². The van der Waals surface area contributed by atoms with E-state index in [4.69, 9.17) is 19.3 Å². The first-order valence-corrected chi connectivity index (χ1v) is 11.2. The lowest BCUT2D eigenvalue weighted by molar-refractivity contribution is 0.102. The van der Waals surface area contributed by atoms with E-state index in [9.17, 15) is 4.79 Å². The van der Waals surface area contributed by atoms with Crippen LogP contribution in [0.5, 0.6) is 17.2 Å². The first kappa shape index (κ1) is 21.6. The molecule has 1 N–H and O–H groups in total. The van der Waals surface area contributed by atoms with E-state index >= 15 is 0 Å². The lowest BCUT2D eigenvalue weighted by atomic mass is 10.1. The number of carbonyl (C=O) groups excluding carboxylic acids is 1. The van der Waals surface area contributed by atoms with E-state index in [-0.39, 0.29) is 5.91 Å². The van der Waals surface area contributed by atoms with Crippen molar-refractivity contribution in [3.63, 3.8) is 0 Å². The van der Waals surface area contributed by atoms with Crippen molar-refractivity contribution in [1.29, 1.82) is 0 Å². The monoisotopic (exact) mass is 455 g/mol. The Kier molecular flexibility index (Phi) is 6.16. The van der Waals surface area contributed by atoms with Crippen LogP contribution in [0.3, 0.4) is 0 Å². The fraction of sp³-hybridized carbons (Fsp3) is 0.185. The second-order valence-electron chi connectivity index (χ2n) is 7.97. The second-order valence-corrected chi connectivity index (χ2v) is 7.97. The molecule has 34 heavy (non-hydrogen) atoms. The van der Waals surface area contributed by atoms with Crippen molar-refractivity contribution in [2.45, 2.75) is 13.0 Å². The van der Waals surface area contributed by atoms with Gasteiger partial charge in [0.2, 0.25) is 0 Å². The van der Waals surface area contributed by atoms with Crippen LogP contribution in [0.2, 0.25) is 0 Å². The summed E-state index contributed by atoms with van der Waals surface area (Å²) in [7, 11) is 1.62. The van der Waals surface area contributed by atoms with Gasteiger partial charge in [-0.2, -0.15) is 5.10 Å². The van der Waals surface area contributed by atoms with E-state index < -0.39 is 0 Å². The van der Waals surface area contributed by atoms with Crippen molar-refractivity contribution in [1.82, 2.24) is 9.78 Å². The first-order valence-electron chi connectivity index (χ1n) is 11.2. The lowest BCUT2D eigenvalue weighted by Gasteiger charge is -2.10. The molecule has 0 atom stereocenters. The Morgan fingerprint density at radius 1 is 1.00 bits per heavy atom. The van der Waals surface area contributed by atoms with E-state index in [1.54, 1.807) is 24.1 Å². The topological polar surface area (TPSA) is 74.6 Å². The zero-order valence-corrected chi connectivity index (χ0v) is 18.9. The molecule has 1 aromatic heterocycles. The van der Waals surface area contributed by atoms with Crippen LogP contribution in [0.25, 0.3) is 11.3 Å². The highest BCUT2D eigenvalue weighted by molar-refractivity contribution is 6.08. The predicted molar refractivity (Wildman–Crippen MR) is 130 cm³/mol. The van der Waals surface area contributed by atoms with Gasteiger partial charge >= 0.3 is 0 Å². The molecule has 1 amide bonds. The molecular weight excluding hydrogens is 430 g/mol. The summed E-state index contributed by atoms with van der Waals surface area (Å²) in [6.45, 7) is 1.75. The number of benzene rings is 3. The molecule has 0 spiro atoms. The van der Waals surface area contributed by atoms with Gasteiger partial charge in [-0.15, -0.1) is 0 Å². The zero-order valence-electron chi connectivity index (χ0n) is 18.9. The molecule has 1 aliphatic rings. The minimum Gasteiger partial charge on any atom is -0.497 e. The third-order valence-electron chi connectivity index (χ3n) is 5.56. The Bertz CT molecular complexity index is 1280. The van der Waals surface area contributed by atoms with Crippen molar-refractivity contribution in [3.05, 3.63) is 90.1 Å². The number of ether oxygens (including phenoxy) is 3. The molecule has 0 aliphatic carbocycles. The van der Waals surface area contributed by atoms with Crippen LogP contribution in [0.1, 0.15) is 22.3 Å². The van der Waals surface area contributed by atoms with E-state index in [0.717, 1.165) is 23.3 Å². The van der Waals surface area contributed by atoms with E-state index in [1.165, 1.54) is 0 Å². The summed E-state index contributed by atoms with van der Waals surface area (Å²) >= 11 is 0. The van der Waals surface area contributed by atoms with Gasteiger partial charge in [0.25, 0.3) is 5.91 Å². The van der Waals surface area contributed by atoms with Crippen molar-refractivity contribution in [3.8, 4) is 28.5 Å². The number of carbonyl (C=O) groups is 1. The summed E-state index contributed by atoms with van der Waals surface area (Å²) in [4.78, 5) is 13.4. The van der Waals surface area contributed by atoms with Crippen LogP contribution in [0.4, 0.5) is 5.69 Å². The number of methoxy groups -OCH3 is 1. The van der Waals surface area contributed by atoms with Crippen LogP contribution < -0.4 is 19.5 Å². The average Bonchev–Trinajstić information content (AvgIpc) is 3.15. The molecule has 0 bridgehead atoms. The maximum atomic E-state index is 13.4. The summed E-state index contributed by atoms with van der Waals surface area (Å²) in [5.74, 6) is 1.81. The van der Waals surface area contributed by atoms with Crippen molar-refractivity contribution in [2.75, 3.05) is 25.6 Å². The Hall–Kier alpha value is -4.26. The lowest BCUT2D eigenvalue weighted by Crippen LogP contribution is -2.12. The maximum Gasteiger partial charge on any atom is 0.259 e. The molecular formula is C27H25N3O4. The van der Waals surface area contributed by atoms with Gasteiger partial charge in [0.15, 0.2) is 11.5 Å². The molecule has 0 fully saturated rings. The summed E-state index contributed by atoms with van der Waals surface area (Å²) in [6.07, 6.45) is 2.60. The highest BCUT2D eigenvalue weighted by Gasteiger charge is 2.20. The SMILES string of the molecule is COc1ccc(-c2nn(Cc3ccccc3)cc2C(=O)Nc2ccc3c(c2)OCCCO3)cc1. The summed E-state index contributed by atoms with van der Waals surface area (Å²) in [5.41, 5.74) is 3.64. The van der Waals surface area contributed by atoms with Gasteiger partial charge in [0.05, 0.1) is 32.4 Å². The fourth-order valence-corrected chi connectivity index (χ4v) is 3.84. The van der Waals surface area contributed by atoms with Crippen LogP contribution in [0.15, 0.2) is 79.0 Å². The minimum absolute atomic E-state index is 0.250. The highest BCUT2D eigenvalue weighted by Crippen LogP contribution is 2.33. The number of hydrogen-bond donors (Lipinski definition) is 1. The molecule has 1 aliphatic heterocycles. The van der Waals surface area contributed by atoms with Gasteiger partial charge in [-0.3, -0.25) is 9.48 Å². The maximum absolute atomic E-state index is 13.4. The molecule has 172 valence electrons. The van der Waals surface area contributed by atoms with E-state index in [0.29, 0.717) is 48.2 Å². The Balaban J connectivity index is 1.45. The molecule has 0 radical (unpaired) electrons. The van der Waals surface area contributed by atoms with Crippen molar-refractivity contribution >= 4 is 11.6 Å². The van der Waals surface area contributed by atoms with Gasteiger partial charge in [-0.1, -0.05) is 30.3 Å². The summed E-state index contributed by atoms with van der Waals surface area (Å²) in [5, 5.41) is 7.73. The number of hydrogen-bond acceptors (Lipinski definition) is 5. The zero-order chi connectivity index (χ0) is 23.3. The molecule has 7 heteroatoms. The molecule has 4 aromatic rings.